The maximum Gasteiger partial charge on any atom is 0.308 e. The molecule has 0 spiro atoms. The molecule has 1 saturated carbocycles. The number of hydrogen-bond donors (Lipinski definition) is 3. The summed E-state index contributed by atoms with van der Waals surface area (Å²) in [5, 5.41) is 21.8. The third-order valence-electron chi connectivity index (χ3n) is 5.25. The number of rotatable bonds is 8. The lowest BCUT2D eigenvalue weighted by molar-refractivity contribution is -0.168. The molecule has 1 aliphatic rings. The highest BCUT2D eigenvalue weighted by Gasteiger charge is 2.54. The summed E-state index contributed by atoms with van der Waals surface area (Å²) in [5.74, 6) is -5.75. The molecule has 3 atom stereocenters. The van der Waals surface area contributed by atoms with Gasteiger partial charge in [0.1, 0.15) is 0 Å². The second-order valence-corrected chi connectivity index (χ2v) is 7.18. The standard InChI is InChI=1S/C22H24N2O5/c1-2-12-24(20(25)17-13-18(21(26)27)19(17)22(28)29)16-10-8-15(9-11-16)23-14-6-4-3-5-7-14/h3-11,17-19,23H,2,12-13H2,1H3,(H,26,27)(H,28,29). The highest BCUT2D eigenvalue weighted by molar-refractivity contribution is 6.00. The SMILES string of the molecule is CCCN(C(=O)C1CC(C(=O)O)C1C(=O)O)c1ccc(Nc2ccccc2)cc1. The fraction of sp³-hybridized carbons (Fsp3) is 0.318. The van der Waals surface area contributed by atoms with Crippen molar-refractivity contribution in [3.63, 3.8) is 0 Å². The average molecular weight is 396 g/mol. The van der Waals surface area contributed by atoms with Crippen LogP contribution in [-0.2, 0) is 14.4 Å². The van der Waals surface area contributed by atoms with Crippen molar-refractivity contribution in [2.75, 3.05) is 16.8 Å². The number of nitrogens with zero attached hydrogens (tertiary/aromatic N) is 1. The quantitative estimate of drug-likeness (QED) is 0.629. The van der Waals surface area contributed by atoms with Gasteiger partial charge in [0.25, 0.3) is 0 Å². The van der Waals surface area contributed by atoms with Gasteiger partial charge in [0.05, 0.1) is 17.8 Å². The fourth-order valence-electron chi connectivity index (χ4n) is 3.71. The van der Waals surface area contributed by atoms with Crippen molar-refractivity contribution in [1.82, 2.24) is 0 Å². The summed E-state index contributed by atoms with van der Waals surface area (Å²) in [5.41, 5.74) is 2.47. The number of amides is 1. The number of aliphatic carboxylic acids is 2. The first-order valence-corrected chi connectivity index (χ1v) is 9.61. The van der Waals surface area contributed by atoms with E-state index in [2.05, 4.69) is 5.32 Å². The van der Waals surface area contributed by atoms with Crippen LogP contribution in [0.4, 0.5) is 17.1 Å². The van der Waals surface area contributed by atoms with Crippen molar-refractivity contribution in [2.45, 2.75) is 19.8 Å². The normalized spacial score (nSPS) is 20.4. The molecular formula is C22H24N2O5. The molecule has 0 heterocycles. The lowest BCUT2D eigenvalue weighted by atomic mass is 9.64. The molecule has 2 aromatic carbocycles. The summed E-state index contributed by atoms with van der Waals surface area (Å²) < 4.78 is 0. The van der Waals surface area contributed by atoms with E-state index < -0.39 is 29.7 Å². The van der Waals surface area contributed by atoms with E-state index in [0.717, 1.165) is 11.4 Å². The summed E-state index contributed by atoms with van der Waals surface area (Å²) in [6.07, 6.45) is 0.752. The Morgan fingerprint density at radius 3 is 2.10 bits per heavy atom. The van der Waals surface area contributed by atoms with Crippen molar-refractivity contribution in [1.29, 1.82) is 0 Å². The van der Waals surface area contributed by atoms with Crippen LogP contribution >= 0.6 is 0 Å². The second-order valence-electron chi connectivity index (χ2n) is 7.18. The zero-order valence-electron chi connectivity index (χ0n) is 16.1. The molecule has 1 amide bonds. The molecule has 0 aromatic heterocycles. The minimum absolute atomic E-state index is 0.0546. The number of benzene rings is 2. The summed E-state index contributed by atoms with van der Waals surface area (Å²) in [4.78, 5) is 37.3. The van der Waals surface area contributed by atoms with E-state index >= 15 is 0 Å². The Morgan fingerprint density at radius 1 is 0.931 bits per heavy atom. The highest BCUT2D eigenvalue weighted by Crippen LogP contribution is 2.42. The van der Waals surface area contributed by atoms with Crippen molar-refractivity contribution >= 4 is 34.9 Å². The Morgan fingerprint density at radius 2 is 1.55 bits per heavy atom. The van der Waals surface area contributed by atoms with E-state index in [1.807, 2.05) is 61.5 Å². The Labute approximate surface area is 169 Å². The monoisotopic (exact) mass is 396 g/mol. The van der Waals surface area contributed by atoms with Gasteiger partial charge in [-0.2, -0.15) is 0 Å². The van der Waals surface area contributed by atoms with Gasteiger partial charge in [0.15, 0.2) is 0 Å². The van der Waals surface area contributed by atoms with E-state index in [4.69, 9.17) is 5.11 Å². The number of carbonyl (C=O) groups is 3. The predicted molar refractivity (Wildman–Crippen MR) is 109 cm³/mol. The lowest BCUT2D eigenvalue weighted by Gasteiger charge is -2.40. The summed E-state index contributed by atoms with van der Waals surface area (Å²) in [7, 11) is 0. The first kappa shape index (κ1) is 20.4. The van der Waals surface area contributed by atoms with Crippen LogP contribution in [-0.4, -0.2) is 34.6 Å². The molecule has 2 aromatic rings. The minimum Gasteiger partial charge on any atom is -0.481 e. The molecule has 152 valence electrons. The molecule has 0 aliphatic heterocycles. The second kappa shape index (κ2) is 8.77. The van der Waals surface area contributed by atoms with Crippen LogP contribution in [0.5, 0.6) is 0 Å². The number of carbonyl (C=O) groups excluding carboxylic acids is 1. The molecule has 7 heteroatoms. The van der Waals surface area contributed by atoms with Gasteiger partial charge in [-0.05, 0) is 49.2 Å². The van der Waals surface area contributed by atoms with Gasteiger partial charge in [-0.25, -0.2) is 0 Å². The first-order chi connectivity index (χ1) is 13.9. The van der Waals surface area contributed by atoms with Crippen LogP contribution < -0.4 is 10.2 Å². The molecule has 3 N–H and O–H groups in total. The predicted octanol–water partition coefficient (Wildman–Crippen LogP) is 3.59. The first-order valence-electron chi connectivity index (χ1n) is 9.61. The maximum atomic E-state index is 13.0. The molecule has 29 heavy (non-hydrogen) atoms. The molecule has 0 saturated heterocycles. The largest absolute Gasteiger partial charge is 0.481 e. The molecular weight excluding hydrogens is 372 g/mol. The molecule has 1 aliphatic carbocycles. The smallest absolute Gasteiger partial charge is 0.308 e. The number of carboxylic acids is 2. The fourth-order valence-corrected chi connectivity index (χ4v) is 3.71. The number of para-hydroxylation sites is 1. The van der Waals surface area contributed by atoms with Crippen LogP contribution in [0.2, 0.25) is 0 Å². The molecule has 1 fully saturated rings. The topological polar surface area (TPSA) is 107 Å². The third-order valence-corrected chi connectivity index (χ3v) is 5.25. The van der Waals surface area contributed by atoms with Gasteiger partial charge in [-0.1, -0.05) is 25.1 Å². The van der Waals surface area contributed by atoms with E-state index in [1.165, 1.54) is 0 Å². The van der Waals surface area contributed by atoms with Crippen LogP contribution in [0, 0.1) is 17.8 Å². The Kier molecular flexibility index (Phi) is 6.16. The molecule has 3 unspecified atom stereocenters. The summed E-state index contributed by atoms with van der Waals surface area (Å²) >= 11 is 0. The Bertz CT molecular complexity index is 882. The average Bonchev–Trinajstić information content (AvgIpc) is 2.66. The van der Waals surface area contributed by atoms with E-state index in [-0.39, 0.29) is 12.3 Å². The van der Waals surface area contributed by atoms with Gasteiger partial charge in [-0.15, -0.1) is 0 Å². The number of hydrogen-bond acceptors (Lipinski definition) is 4. The van der Waals surface area contributed by atoms with Crippen molar-refractivity contribution in [2.24, 2.45) is 17.8 Å². The third kappa shape index (κ3) is 4.39. The number of anilines is 3. The summed E-state index contributed by atoms with van der Waals surface area (Å²) in [6, 6.07) is 17.0. The number of nitrogens with one attached hydrogen (secondary N) is 1. The van der Waals surface area contributed by atoms with E-state index in [0.29, 0.717) is 18.7 Å². The molecule has 0 bridgehead atoms. The zero-order valence-corrected chi connectivity index (χ0v) is 16.1. The Balaban J connectivity index is 1.76. The molecule has 7 nitrogen and oxygen atoms in total. The highest BCUT2D eigenvalue weighted by atomic mass is 16.4. The Hall–Kier alpha value is -3.35. The zero-order chi connectivity index (χ0) is 21.0. The minimum atomic E-state index is -1.24. The van der Waals surface area contributed by atoms with Crippen LogP contribution in [0.1, 0.15) is 19.8 Å². The van der Waals surface area contributed by atoms with Crippen LogP contribution in [0.3, 0.4) is 0 Å². The lowest BCUT2D eigenvalue weighted by Crippen LogP contribution is -2.53. The van der Waals surface area contributed by atoms with Gasteiger partial charge in [0.2, 0.25) is 5.91 Å². The summed E-state index contributed by atoms with van der Waals surface area (Å²) in [6.45, 7) is 2.37. The molecule has 3 rings (SSSR count). The van der Waals surface area contributed by atoms with Crippen molar-refractivity contribution in [3.8, 4) is 0 Å². The maximum absolute atomic E-state index is 13.0. The van der Waals surface area contributed by atoms with Crippen molar-refractivity contribution < 1.29 is 24.6 Å². The van der Waals surface area contributed by atoms with Crippen LogP contribution in [0.15, 0.2) is 54.6 Å². The van der Waals surface area contributed by atoms with Gasteiger partial charge in [-0.3, -0.25) is 14.4 Å². The number of carboxylic acid groups (broad SMARTS) is 2. The van der Waals surface area contributed by atoms with Crippen molar-refractivity contribution in [3.05, 3.63) is 54.6 Å². The molecule has 0 radical (unpaired) electrons. The van der Waals surface area contributed by atoms with E-state index in [9.17, 15) is 19.5 Å². The van der Waals surface area contributed by atoms with Gasteiger partial charge >= 0.3 is 11.9 Å². The van der Waals surface area contributed by atoms with Gasteiger partial charge < -0.3 is 20.4 Å². The van der Waals surface area contributed by atoms with Gasteiger partial charge in [0, 0.05) is 23.6 Å². The van der Waals surface area contributed by atoms with Crippen LogP contribution in [0.25, 0.3) is 0 Å². The van der Waals surface area contributed by atoms with E-state index in [1.54, 1.807) is 4.90 Å².